The summed E-state index contributed by atoms with van der Waals surface area (Å²) in [5.74, 6) is 0. The fourth-order valence-electron chi connectivity index (χ4n) is 6.74. The van der Waals surface area contributed by atoms with Crippen molar-refractivity contribution in [1.82, 2.24) is 0 Å². The largest absolute Gasteiger partial charge is 0.310 e. The molecule has 8 rings (SSSR count). The molecule has 0 spiro atoms. The molecule has 0 unspecified atom stereocenters. The average molecular weight is 637 g/mol. The van der Waals surface area contributed by atoms with Crippen LogP contribution in [0.2, 0.25) is 0 Å². The highest BCUT2D eigenvalue weighted by Crippen LogP contribution is 2.47. The summed E-state index contributed by atoms with van der Waals surface area (Å²) in [5.41, 5.74) is 7.80. The zero-order chi connectivity index (χ0) is 34.2. The molecule has 230 valence electrons. The first kappa shape index (κ1) is 29.7. The second-order valence-corrected chi connectivity index (χ2v) is 11.8. The van der Waals surface area contributed by atoms with Crippen LogP contribution in [0.3, 0.4) is 0 Å². The van der Waals surface area contributed by atoms with E-state index < -0.39 is 0 Å². The molecule has 0 aliphatic rings. The van der Waals surface area contributed by atoms with E-state index in [2.05, 4.69) is 80.2 Å². The third-order valence-corrected chi connectivity index (χ3v) is 9.08. The van der Waals surface area contributed by atoms with E-state index in [4.69, 9.17) is 13.1 Å². The molecule has 0 aliphatic carbocycles. The Morgan fingerprint density at radius 3 is 1.04 bits per heavy atom. The Bertz CT molecular complexity index is 2410. The smallest absolute Gasteiger partial charge is 0.187 e. The Balaban J connectivity index is 1.38. The monoisotopic (exact) mass is 636 g/mol. The quantitative estimate of drug-likeness (QED) is 0.135. The molecule has 0 saturated carbocycles. The predicted molar refractivity (Wildman–Crippen MR) is 201 cm³/mol. The maximum Gasteiger partial charge on any atom is 0.187 e. The van der Waals surface area contributed by atoms with Crippen LogP contribution < -0.4 is 9.80 Å². The first-order chi connectivity index (χ1) is 24.6. The highest BCUT2D eigenvalue weighted by atomic mass is 15.1. The zero-order valence-electron chi connectivity index (χ0n) is 26.5. The number of hydrogen-bond donors (Lipinski definition) is 0. The molecule has 0 heterocycles. The van der Waals surface area contributed by atoms with E-state index in [0.717, 1.165) is 66.4 Å². The van der Waals surface area contributed by atoms with Gasteiger partial charge in [0.25, 0.3) is 0 Å². The van der Waals surface area contributed by atoms with Crippen molar-refractivity contribution in [3.05, 3.63) is 180 Å². The summed E-state index contributed by atoms with van der Waals surface area (Å²) < 4.78 is 0. The van der Waals surface area contributed by atoms with Crippen LogP contribution in [0.15, 0.2) is 146 Å². The number of anilines is 6. The maximum absolute atomic E-state index is 9.49. The van der Waals surface area contributed by atoms with Crippen LogP contribution in [0.4, 0.5) is 45.5 Å². The first-order valence-electron chi connectivity index (χ1n) is 15.9. The van der Waals surface area contributed by atoms with E-state index >= 15 is 0 Å². The van der Waals surface area contributed by atoms with Crippen molar-refractivity contribution in [2.45, 2.75) is 0 Å². The normalized spacial score (nSPS) is 10.7. The first-order valence-corrected chi connectivity index (χ1v) is 15.9. The molecule has 6 nitrogen and oxygen atoms in total. The standard InChI is InChI=1S/C44H24N6/c1-47-33-11-19-37(20-12-33)50(38-21-13-34(48-2)14-22-38)42-26-10-32-7-23-39-41(25-9-31-8-24-40(42)44(32)43(31)39)49(35-15-3-29(27-45)4-16-35)36-17-5-30(28-46)6-18-36/h3-26H. The molecule has 0 radical (unpaired) electrons. The molecule has 50 heavy (non-hydrogen) atoms. The van der Waals surface area contributed by atoms with Crippen molar-refractivity contribution in [2.24, 2.45) is 0 Å². The minimum atomic E-state index is 0.564. The molecular formula is C44H24N6. The van der Waals surface area contributed by atoms with Gasteiger partial charge in [0.05, 0.1) is 47.8 Å². The third kappa shape index (κ3) is 4.95. The molecule has 6 heteroatoms. The summed E-state index contributed by atoms with van der Waals surface area (Å²) >= 11 is 0. The third-order valence-electron chi connectivity index (χ3n) is 9.08. The molecule has 8 aromatic rings. The fraction of sp³-hybridized carbons (Fsp3) is 0. The van der Waals surface area contributed by atoms with Crippen molar-refractivity contribution in [2.75, 3.05) is 9.80 Å². The number of rotatable bonds is 6. The van der Waals surface area contributed by atoms with Crippen LogP contribution in [0.1, 0.15) is 11.1 Å². The Morgan fingerprint density at radius 2 is 0.720 bits per heavy atom. The Hall–Kier alpha value is -7.64. The molecule has 0 aromatic heterocycles. The van der Waals surface area contributed by atoms with Gasteiger partial charge in [-0.15, -0.1) is 0 Å². The summed E-state index contributed by atoms with van der Waals surface area (Å²) in [6.07, 6.45) is 0. The maximum atomic E-state index is 9.49. The van der Waals surface area contributed by atoms with Crippen LogP contribution in [0, 0.1) is 35.8 Å². The number of benzene rings is 8. The van der Waals surface area contributed by atoms with Gasteiger partial charge >= 0.3 is 0 Å². The second kappa shape index (κ2) is 12.2. The fourth-order valence-corrected chi connectivity index (χ4v) is 6.74. The molecule has 0 saturated heterocycles. The lowest BCUT2D eigenvalue weighted by Gasteiger charge is -2.29. The summed E-state index contributed by atoms with van der Waals surface area (Å²) in [4.78, 5) is 11.5. The van der Waals surface area contributed by atoms with E-state index in [-0.39, 0.29) is 0 Å². The summed E-state index contributed by atoms with van der Waals surface area (Å²) in [6, 6.07) is 51.8. The van der Waals surface area contributed by atoms with Gasteiger partial charge in [0.15, 0.2) is 11.4 Å². The van der Waals surface area contributed by atoms with Gasteiger partial charge in [-0.05, 0) is 106 Å². The highest BCUT2D eigenvalue weighted by molar-refractivity contribution is 6.28. The molecular weight excluding hydrogens is 613 g/mol. The van der Waals surface area contributed by atoms with Crippen molar-refractivity contribution < 1.29 is 0 Å². The number of nitrogens with zero attached hydrogens (tertiary/aromatic N) is 6. The highest BCUT2D eigenvalue weighted by Gasteiger charge is 2.22. The van der Waals surface area contributed by atoms with E-state index in [1.165, 1.54) is 0 Å². The van der Waals surface area contributed by atoms with Gasteiger partial charge in [-0.3, -0.25) is 0 Å². The van der Waals surface area contributed by atoms with Crippen LogP contribution in [-0.4, -0.2) is 0 Å². The van der Waals surface area contributed by atoms with E-state index in [9.17, 15) is 10.5 Å². The Morgan fingerprint density at radius 1 is 0.400 bits per heavy atom. The van der Waals surface area contributed by atoms with Crippen LogP contribution in [0.5, 0.6) is 0 Å². The van der Waals surface area contributed by atoms with Crippen LogP contribution in [0.25, 0.3) is 42.0 Å². The van der Waals surface area contributed by atoms with Crippen molar-refractivity contribution >= 4 is 77.8 Å². The molecule has 0 bridgehead atoms. The summed E-state index contributed by atoms with van der Waals surface area (Å²) in [6.45, 7) is 14.9. The molecule has 0 fully saturated rings. The minimum absolute atomic E-state index is 0.564. The van der Waals surface area contributed by atoms with Crippen molar-refractivity contribution in [3.8, 4) is 12.1 Å². The lowest BCUT2D eigenvalue weighted by atomic mass is 9.91. The lowest BCUT2D eigenvalue weighted by molar-refractivity contribution is 1.29. The van der Waals surface area contributed by atoms with Gasteiger partial charge in [0, 0.05) is 33.5 Å². The molecule has 0 aliphatic heterocycles. The molecule has 0 atom stereocenters. The molecule has 0 N–H and O–H groups in total. The Labute approximate surface area is 289 Å². The second-order valence-electron chi connectivity index (χ2n) is 11.8. The van der Waals surface area contributed by atoms with Gasteiger partial charge in [-0.2, -0.15) is 10.5 Å². The molecule has 8 aromatic carbocycles. The van der Waals surface area contributed by atoms with Gasteiger partial charge in [-0.1, -0.05) is 60.7 Å². The SMILES string of the molecule is [C-]#[N+]c1ccc(N(c2ccc([N+]#[C-])cc2)c2ccc3ccc4c(N(c5ccc(C#N)cc5)c5ccc(C#N)cc5)ccc5ccc2c3c54)cc1. The molecule has 0 amide bonds. The lowest BCUT2D eigenvalue weighted by Crippen LogP contribution is -2.11. The van der Waals surface area contributed by atoms with Gasteiger partial charge in [0.2, 0.25) is 0 Å². The average Bonchev–Trinajstić information content (AvgIpc) is 3.19. The van der Waals surface area contributed by atoms with Crippen molar-refractivity contribution in [3.63, 3.8) is 0 Å². The van der Waals surface area contributed by atoms with Gasteiger partial charge in [0.1, 0.15) is 0 Å². The van der Waals surface area contributed by atoms with Crippen molar-refractivity contribution in [1.29, 1.82) is 10.5 Å². The van der Waals surface area contributed by atoms with Crippen LogP contribution >= 0.6 is 0 Å². The van der Waals surface area contributed by atoms with E-state index in [1.807, 2.05) is 97.1 Å². The Kier molecular flexibility index (Phi) is 7.25. The minimum Gasteiger partial charge on any atom is -0.310 e. The zero-order valence-corrected chi connectivity index (χ0v) is 26.5. The van der Waals surface area contributed by atoms with E-state index in [0.29, 0.717) is 22.5 Å². The van der Waals surface area contributed by atoms with Crippen LogP contribution in [-0.2, 0) is 0 Å². The van der Waals surface area contributed by atoms with Gasteiger partial charge < -0.3 is 9.80 Å². The number of nitriles is 2. The topological polar surface area (TPSA) is 62.8 Å². The van der Waals surface area contributed by atoms with Gasteiger partial charge in [-0.25, -0.2) is 9.69 Å². The summed E-state index contributed by atoms with van der Waals surface area (Å²) in [5, 5.41) is 25.6. The number of hydrogen-bond acceptors (Lipinski definition) is 4. The predicted octanol–water partition coefficient (Wildman–Crippen LogP) is 12.4. The van der Waals surface area contributed by atoms with E-state index in [1.54, 1.807) is 0 Å². The summed E-state index contributed by atoms with van der Waals surface area (Å²) in [7, 11) is 0.